The first kappa shape index (κ1) is 20.2. The Kier molecular flexibility index (Phi) is 7.12. The first-order valence-electron chi connectivity index (χ1n) is 7.90. The van der Waals surface area contributed by atoms with E-state index in [1.807, 2.05) is 13.8 Å². The largest absolute Gasteiger partial charge is 0.455 e. The molecule has 7 nitrogen and oxygen atoms in total. The lowest BCUT2D eigenvalue weighted by Gasteiger charge is -2.27. The zero-order valence-electron chi connectivity index (χ0n) is 14.9. The van der Waals surface area contributed by atoms with E-state index in [1.54, 1.807) is 31.2 Å². The summed E-state index contributed by atoms with van der Waals surface area (Å²) in [7, 11) is 0. The second kappa shape index (κ2) is 8.83. The van der Waals surface area contributed by atoms with Crippen molar-refractivity contribution < 1.29 is 19.1 Å². The van der Waals surface area contributed by atoms with Crippen LogP contribution in [0.5, 0.6) is 0 Å². The monoisotopic (exact) mass is 345 g/mol. The van der Waals surface area contributed by atoms with Crippen molar-refractivity contribution in [3.63, 3.8) is 0 Å². The summed E-state index contributed by atoms with van der Waals surface area (Å²) in [4.78, 5) is 34.6. The summed E-state index contributed by atoms with van der Waals surface area (Å²) in [6.07, 6.45) is 0.00727. The van der Waals surface area contributed by atoms with Gasteiger partial charge in [-0.25, -0.2) is 0 Å². The van der Waals surface area contributed by atoms with Crippen LogP contribution in [0.3, 0.4) is 0 Å². The fourth-order valence-corrected chi connectivity index (χ4v) is 1.90. The van der Waals surface area contributed by atoms with E-state index in [2.05, 4.69) is 16.7 Å². The Morgan fingerprint density at radius 1 is 1.24 bits per heavy atom. The molecule has 0 saturated carbocycles. The highest BCUT2D eigenvalue weighted by molar-refractivity contribution is 5.88. The topological polar surface area (TPSA) is 108 Å². The number of amides is 2. The maximum absolute atomic E-state index is 11.8. The van der Waals surface area contributed by atoms with E-state index in [-0.39, 0.29) is 18.2 Å². The summed E-state index contributed by atoms with van der Waals surface area (Å²) < 4.78 is 4.94. The average molecular weight is 345 g/mol. The van der Waals surface area contributed by atoms with Gasteiger partial charge in [0.1, 0.15) is 5.54 Å². The third-order valence-corrected chi connectivity index (χ3v) is 3.77. The number of ether oxygens (including phenoxy) is 1. The molecule has 0 unspecified atom stereocenters. The van der Waals surface area contributed by atoms with Crippen molar-refractivity contribution in [2.45, 2.75) is 39.7 Å². The summed E-state index contributed by atoms with van der Waals surface area (Å²) >= 11 is 0. The number of hydrogen-bond donors (Lipinski definition) is 2. The first-order chi connectivity index (χ1) is 11.7. The molecule has 0 fully saturated rings. The molecular weight excluding hydrogens is 322 g/mol. The van der Waals surface area contributed by atoms with Crippen molar-refractivity contribution in [3.05, 3.63) is 29.8 Å². The van der Waals surface area contributed by atoms with E-state index in [0.29, 0.717) is 11.3 Å². The van der Waals surface area contributed by atoms with Crippen LogP contribution in [0.1, 0.15) is 33.3 Å². The molecule has 0 saturated heterocycles. The molecule has 2 amide bonds. The second-order valence-electron chi connectivity index (χ2n) is 6.23. The summed E-state index contributed by atoms with van der Waals surface area (Å²) in [5, 5.41) is 14.4. The molecule has 0 aliphatic rings. The van der Waals surface area contributed by atoms with Crippen LogP contribution in [-0.2, 0) is 25.5 Å². The molecule has 0 spiro atoms. The lowest BCUT2D eigenvalue weighted by atomic mass is 9.90. The molecule has 134 valence electrons. The summed E-state index contributed by atoms with van der Waals surface area (Å²) in [5.74, 6) is -1.33. The van der Waals surface area contributed by atoms with Crippen molar-refractivity contribution >= 4 is 23.5 Å². The molecule has 0 radical (unpaired) electrons. The fraction of sp³-hybridized carbons (Fsp3) is 0.444. The molecule has 2 N–H and O–H groups in total. The van der Waals surface area contributed by atoms with E-state index in [9.17, 15) is 14.4 Å². The number of nitrogens with zero attached hydrogens (tertiary/aromatic N) is 1. The molecule has 25 heavy (non-hydrogen) atoms. The molecule has 1 aromatic rings. The third-order valence-electron chi connectivity index (χ3n) is 3.77. The molecule has 7 heteroatoms. The standard InChI is InChI=1S/C18H23N3O4/c1-12(2)18(4,11-19)21-16(23)10-25-17(24)9-14-5-7-15(8-6-14)20-13(3)22/h5-8,12H,9-10H2,1-4H3,(H,20,22)(H,21,23)/t18-/m1/s1. The van der Waals surface area contributed by atoms with Gasteiger partial charge in [-0.2, -0.15) is 5.26 Å². The van der Waals surface area contributed by atoms with E-state index < -0.39 is 24.0 Å². The van der Waals surface area contributed by atoms with Gasteiger partial charge in [0.2, 0.25) is 5.91 Å². The fourth-order valence-electron chi connectivity index (χ4n) is 1.90. The van der Waals surface area contributed by atoms with Crippen molar-refractivity contribution in [3.8, 4) is 6.07 Å². The van der Waals surface area contributed by atoms with E-state index in [4.69, 9.17) is 10.00 Å². The lowest BCUT2D eigenvalue weighted by molar-refractivity contribution is -0.148. The molecule has 0 aliphatic heterocycles. The van der Waals surface area contributed by atoms with E-state index >= 15 is 0 Å². The molecule has 0 heterocycles. The van der Waals surface area contributed by atoms with Gasteiger partial charge in [-0.15, -0.1) is 0 Å². The minimum Gasteiger partial charge on any atom is -0.455 e. The zero-order valence-corrected chi connectivity index (χ0v) is 14.9. The number of rotatable bonds is 7. The molecule has 0 aliphatic carbocycles. The highest BCUT2D eigenvalue weighted by Crippen LogP contribution is 2.15. The predicted molar refractivity (Wildman–Crippen MR) is 92.4 cm³/mol. The van der Waals surface area contributed by atoms with Crippen LogP contribution >= 0.6 is 0 Å². The van der Waals surface area contributed by atoms with Gasteiger partial charge in [-0.05, 0) is 30.5 Å². The van der Waals surface area contributed by atoms with Crippen LogP contribution in [0, 0.1) is 17.2 Å². The number of carbonyl (C=O) groups excluding carboxylic acids is 3. The summed E-state index contributed by atoms with van der Waals surface area (Å²) in [6.45, 7) is 6.23. The molecule has 1 atom stereocenters. The number of anilines is 1. The van der Waals surface area contributed by atoms with Crippen LogP contribution in [0.15, 0.2) is 24.3 Å². The number of esters is 1. The van der Waals surface area contributed by atoms with Crippen molar-refractivity contribution in [2.24, 2.45) is 5.92 Å². The molecular formula is C18H23N3O4. The van der Waals surface area contributed by atoms with Crippen LogP contribution in [0.4, 0.5) is 5.69 Å². The van der Waals surface area contributed by atoms with Crippen LogP contribution in [0.25, 0.3) is 0 Å². The predicted octanol–water partition coefficient (Wildman–Crippen LogP) is 1.79. The molecule has 1 aromatic carbocycles. The number of carbonyl (C=O) groups is 3. The Morgan fingerprint density at radius 3 is 2.32 bits per heavy atom. The molecule has 0 aromatic heterocycles. The molecule has 0 bridgehead atoms. The Hall–Kier alpha value is -2.88. The summed E-state index contributed by atoms with van der Waals surface area (Å²) in [5.41, 5.74) is 0.320. The van der Waals surface area contributed by atoms with Gasteiger partial charge in [0.25, 0.3) is 5.91 Å². The molecule has 1 rings (SSSR count). The highest BCUT2D eigenvalue weighted by atomic mass is 16.5. The summed E-state index contributed by atoms with van der Waals surface area (Å²) in [6, 6.07) is 8.79. The Balaban J connectivity index is 2.48. The van der Waals surface area contributed by atoms with Gasteiger partial charge < -0.3 is 15.4 Å². The van der Waals surface area contributed by atoms with Crippen LogP contribution in [-0.4, -0.2) is 29.9 Å². The van der Waals surface area contributed by atoms with E-state index in [0.717, 1.165) is 0 Å². The van der Waals surface area contributed by atoms with Crippen molar-refractivity contribution in [2.75, 3.05) is 11.9 Å². The van der Waals surface area contributed by atoms with Gasteiger partial charge in [-0.3, -0.25) is 14.4 Å². The van der Waals surface area contributed by atoms with Gasteiger partial charge in [0, 0.05) is 12.6 Å². The smallest absolute Gasteiger partial charge is 0.310 e. The van der Waals surface area contributed by atoms with Gasteiger partial charge in [0.15, 0.2) is 6.61 Å². The maximum atomic E-state index is 11.8. The number of hydrogen-bond acceptors (Lipinski definition) is 5. The number of nitrogens with one attached hydrogen (secondary N) is 2. The minimum atomic E-state index is -1.01. The van der Waals surface area contributed by atoms with Gasteiger partial charge in [-0.1, -0.05) is 26.0 Å². The minimum absolute atomic E-state index is 0.00727. The SMILES string of the molecule is CC(=O)Nc1ccc(CC(=O)OCC(=O)N[C@](C)(C#N)C(C)C)cc1. The Labute approximate surface area is 147 Å². The Morgan fingerprint density at radius 2 is 1.84 bits per heavy atom. The zero-order chi connectivity index (χ0) is 19.0. The Bertz CT molecular complexity index is 677. The van der Waals surface area contributed by atoms with Gasteiger partial charge >= 0.3 is 5.97 Å². The lowest BCUT2D eigenvalue weighted by Crippen LogP contribution is -2.50. The normalized spacial score (nSPS) is 12.6. The number of benzene rings is 1. The highest BCUT2D eigenvalue weighted by Gasteiger charge is 2.30. The first-order valence-corrected chi connectivity index (χ1v) is 7.90. The van der Waals surface area contributed by atoms with Gasteiger partial charge in [0.05, 0.1) is 12.5 Å². The van der Waals surface area contributed by atoms with E-state index in [1.165, 1.54) is 6.92 Å². The van der Waals surface area contributed by atoms with Crippen LogP contribution < -0.4 is 10.6 Å². The second-order valence-corrected chi connectivity index (χ2v) is 6.23. The quantitative estimate of drug-likeness (QED) is 0.732. The van der Waals surface area contributed by atoms with Crippen LogP contribution in [0.2, 0.25) is 0 Å². The number of nitriles is 1. The third kappa shape index (κ3) is 6.63. The van der Waals surface area contributed by atoms with Crippen molar-refractivity contribution in [1.82, 2.24) is 5.32 Å². The van der Waals surface area contributed by atoms with Crippen molar-refractivity contribution in [1.29, 1.82) is 5.26 Å². The average Bonchev–Trinajstić information content (AvgIpc) is 2.54. The maximum Gasteiger partial charge on any atom is 0.310 e.